The number of nitrogens with zero attached hydrogens (tertiary/aromatic N) is 1. The van der Waals surface area contributed by atoms with Crippen LogP contribution in [-0.2, 0) is 23.9 Å². The fraction of sp³-hybridized carbons (Fsp3) is 0.609. The highest BCUT2D eigenvalue weighted by atomic mass is 16.5. The summed E-state index contributed by atoms with van der Waals surface area (Å²) in [6.45, 7) is 8.28. The van der Waals surface area contributed by atoms with Crippen LogP contribution in [0, 0.1) is 11.8 Å². The summed E-state index contributed by atoms with van der Waals surface area (Å²) in [6, 6.07) is 7.25. The lowest BCUT2D eigenvalue weighted by Crippen LogP contribution is -2.55. The van der Waals surface area contributed by atoms with Gasteiger partial charge in [0.05, 0.1) is 23.7 Å². The van der Waals surface area contributed by atoms with Crippen molar-refractivity contribution >= 4 is 23.4 Å². The maximum absolute atomic E-state index is 13.0. The van der Waals surface area contributed by atoms with Gasteiger partial charge in [0.1, 0.15) is 5.92 Å². The van der Waals surface area contributed by atoms with E-state index in [1.807, 2.05) is 31.1 Å². The summed E-state index contributed by atoms with van der Waals surface area (Å²) in [5.41, 5.74) is -0.122. The molecule has 7 nitrogen and oxygen atoms in total. The van der Waals surface area contributed by atoms with Gasteiger partial charge in [0.2, 0.25) is 0 Å². The Labute approximate surface area is 178 Å². The lowest BCUT2D eigenvalue weighted by atomic mass is 9.61. The van der Waals surface area contributed by atoms with Crippen molar-refractivity contribution in [1.82, 2.24) is 0 Å². The topological polar surface area (TPSA) is 93.1 Å². The number of ether oxygens (including phenoxy) is 2. The molecule has 1 fully saturated rings. The van der Waals surface area contributed by atoms with Gasteiger partial charge in [-0.25, -0.2) is 0 Å². The van der Waals surface area contributed by atoms with Crippen molar-refractivity contribution in [3.05, 3.63) is 29.8 Å². The molecule has 0 spiro atoms. The molecular formula is C23H33NO6. The second-order valence-electron chi connectivity index (χ2n) is 8.94. The highest BCUT2D eigenvalue weighted by Gasteiger charge is 2.57. The van der Waals surface area contributed by atoms with Crippen LogP contribution in [0.1, 0.15) is 52.5 Å². The number of aliphatic hydroxyl groups is 1. The van der Waals surface area contributed by atoms with Gasteiger partial charge in [-0.15, -0.1) is 0 Å². The molecule has 0 saturated heterocycles. The molecule has 0 amide bonds. The summed E-state index contributed by atoms with van der Waals surface area (Å²) >= 11 is 0. The van der Waals surface area contributed by atoms with Crippen LogP contribution >= 0.6 is 0 Å². The van der Waals surface area contributed by atoms with Gasteiger partial charge in [-0.3, -0.25) is 14.4 Å². The summed E-state index contributed by atoms with van der Waals surface area (Å²) in [7, 11) is 3.80. The van der Waals surface area contributed by atoms with E-state index < -0.39 is 53.3 Å². The zero-order chi connectivity index (χ0) is 22.8. The number of esters is 2. The molecule has 1 aliphatic rings. The molecule has 0 radical (unpaired) electrons. The smallest absolute Gasteiger partial charge is 0.317 e. The number of rotatable bonds is 6. The minimum atomic E-state index is -1.65. The predicted octanol–water partition coefficient (Wildman–Crippen LogP) is 2.70. The standard InChI is InChI=1S/C23H33NO6/c1-13(2)29-21(26)19-17(25)12-23(5,28)20(22(27)30-14(3)4)18(19)15-8-10-16(11-9-15)24(6)7/h8-11,13-14,18-20,28H,12H2,1-7H3/t18-,19-,20+,23-/m0/s1. The SMILES string of the molecule is CC(C)OC(=O)[C@H]1C(=O)C[C@](C)(O)[C@@H](C(=O)OC(C)C)[C@H]1c1ccc(N(C)C)cc1. The van der Waals surface area contributed by atoms with E-state index in [1.165, 1.54) is 6.92 Å². The fourth-order valence-electron chi connectivity index (χ4n) is 4.02. The van der Waals surface area contributed by atoms with Gasteiger partial charge in [0.25, 0.3) is 0 Å². The van der Waals surface area contributed by atoms with Gasteiger partial charge < -0.3 is 19.5 Å². The summed E-state index contributed by atoms with van der Waals surface area (Å²) in [4.78, 5) is 40.8. The molecule has 0 unspecified atom stereocenters. The van der Waals surface area contributed by atoms with Gasteiger partial charge in [0, 0.05) is 32.1 Å². The molecule has 30 heavy (non-hydrogen) atoms. The minimum absolute atomic E-state index is 0.324. The van der Waals surface area contributed by atoms with E-state index in [1.54, 1.807) is 39.8 Å². The average molecular weight is 420 g/mol. The fourth-order valence-corrected chi connectivity index (χ4v) is 4.02. The predicted molar refractivity (Wildman–Crippen MR) is 113 cm³/mol. The van der Waals surface area contributed by atoms with Gasteiger partial charge in [-0.05, 0) is 52.3 Å². The highest BCUT2D eigenvalue weighted by Crippen LogP contribution is 2.47. The first-order valence-corrected chi connectivity index (χ1v) is 10.3. The molecule has 1 aromatic carbocycles. The van der Waals surface area contributed by atoms with Crippen molar-refractivity contribution in [3.63, 3.8) is 0 Å². The third-order valence-electron chi connectivity index (χ3n) is 5.27. The van der Waals surface area contributed by atoms with Gasteiger partial charge in [0.15, 0.2) is 5.78 Å². The van der Waals surface area contributed by atoms with E-state index in [0.29, 0.717) is 5.56 Å². The Hall–Kier alpha value is -2.41. The van der Waals surface area contributed by atoms with E-state index in [9.17, 15) is 19.5 Å². The molecule has 7 heteroatoms. The number of Topliss-reactive ketones (excluding diaryl/α,β-unsaturated/α-hetero) is 1. The quantitative estimate of drug-likeness (QED) is 0.560. The van der Waals surface area contributed by atoms with Crippen molar-refractivity contribution in [3.8, 4) is 0 Å². The molecule has 1 N–H and O–H groups in total. The molecule has 1 aromatic rings. The number of carbonyl (C=O) groups is 3. The van der Waals surface area contributed by atoms with Crippen LogP contribution in [0.5, 0.6) is 0 Å². The zero-order valence-electron chi connectivity index (χ0n) is 18.8. The third-order valence-corrected chi connectivity index (χ3v) is 5.27. The number of carbonyl (C=O) groups excluding carboxylic acids is 3. The zero-order valence-corrected chi connectivity index (χ0v) is 18.8. The molecule has 0 bridgehead atoms. The van der Waals surface area contributed by atoms with E-state index in [2.05, 4.69) is 0 Å². The molecule has 4 atom stereocenters. The van der Waals surface area contributed by atoms with E-state index in [-0.39, 0.29) is 6.42 Å². The van der Waals surface area contributed by atoms with Crippen LogP contribution in [0.2, 0.25) is 0 Å². The second kappa shape index (κ2) is 9.16. The van der Waals surface area contributed by atoms with Crippen molar-refractivity contribution in [1.29, 1.82) is 0 Å². The number of hydrogen-bond acceptors (Lipinski definition) is 7. The Kier molecular flexibility index (Phi) is 7.29. The summed E-state index contributed by atoms with van der Waals surface area (Å²) in [5, 5.41) is 11.1. The number of benzene rings is 1. The van der Waals surface area contributed by atoms with Crippen LogP contribution in [0.4, 0.5) is 5.69 Å². The molecule has 166 valence electrons. The Bertz CT molecular complexity index is 773. The lowest BCUT2D eigenvalue weighted by Gasteiger charge is -2.44. The van der Waals surface area contributed by atoms with Crippen molar-refractivity contribution in [2.75, 3.05) is 19.0 Å². The monoisotopic (exact) mass is 419 g/mol. The van der Waals surface area contributed by atoms with E-state index >= 15 is 0 Å². The van der Waals surface area contributed by atoms with Crippen LogP contribution in [-0.4, -0.2) is 54.7 Å². The number of anilines is 1. The van der Waals surface area contributed by atoms with Crippen LogP contribution in [0.3, 0.4) is 0 Å². The third kappa shape index (κ3) is 5.19. The maximum atomic E-state index is 13.0. The van der Waals surface area contributed by atoms with Crippen LogP contribution in [0.15, 0.2) is 24.3 Å². The first-order valence-electron chi connectivity index (χ1n) is 10.3. The lowest BCUT2D eigenvalue weighted by molar-refractivity contribution is -0.176. The Balaban J connectivity index is 2.61. The number of hydrogen-bond donors (Lipinski definition) is 1. The van der Waals surface area contributed by atoms with Gasteiger partial charge in [-0.1, -0.05) is 12.1 Å². The number of ketones is 1. The largest absolute Gasteiger partial charge is 0.463 e. The Morgan fingerprint density at radius 3 is 2.00 bits per heavy atom. The first-order chi connectivity index (χ1) is 13.8. The average Bonchev–Trinajstić information content (AvgIpc) is 2.58. The summed E-state index contributed by atoms with van der Waals surface area (Å²) < 4.78 is 10.8. The summed E-state index contributed by atoms with van der Waals surface area (Å²) in [6.07, 6.45) is -1.14. The highest BCUT2D eigenvalue weighted by molar-refractivity contribution is 6.02. The van der Waals surface area contributed by atoms with Crippen LogP contribution in [0.25, 0.3) is 0 Å². The Morgan fingerprint density at radius 1 is 1.03 bits per heavy atom. The van der Waals surface area contributed by atoms with Crippen LogP contribution < -0.4 is 4.90 Å². The van der Waals surface area contributed by atoms with Crippen molar-refractivity contribution in [2.24, 2.45) is 11.8 Å². The Morgan fingerprint density at radius 2 is 1.53 bits per heavy atom. The molecule has 2 rings (SSSR count). The molecular weight excluding hydrogens is 386 g/mol. The molecule has 1 aliphatic carbocycles. The van der Waals surface area contributed by atoms with Gasteiger partial charge in [-0.2, -0.15) is 0 Å². The minimum Gasteiger partial charge on any atom is -0.463 e. The molecule has 0 aromatic heterocycles. The second-order valence-corrected chi connectivity index (χ2v) is 8.94. The van der Waals surface area contributed by atoms with E-state index in [4.69, 9.17) is 9.47 Å². The molecule has 0 aliphatic heterocycles. The van der Waals surface area contributed by atoms with E-state index in [0.717, 1.165) is 5.69 Å². The van der Waals surface area contributed by atoms with Gasteiger partial charge >= 0.3 is 11.9 Å². The maximum Gasteiger partial charge on any atom is 0.317 e. The molecule has 0 heterocycles. The van der Waals surface area contributed by atoms with Crippen molar-refractivity contribution < 1.29 is 29.0 Å². The normalized spacial score (nSPS) is 26.6. The molecule has 1 saturated carbocycles. The first kappa shape index (κ1) is 23.9. The summed E-state index contributed by atoms with van der Waals surface area (Å²) in [5.74, 6) is -4.94. The van der Waals surface area contributed by atoms with Crippen molar-refractivity contribution in [2.45, 2.75) is 64.8 Å².